The van der Waals surface area contributed by atoms with Gasteiger partial charge in [-0.3, -0.25) is 0 Å². The van der Waals surface area contributed by atoms with Crippen LogP contribution in [0.25, 0.3) is 0 Å². The average Bonchev–Trinajstić information content (AvgIpc) is 3.23. The number of hydrogen-bond acceptors (Lipinski definition) is 1. The van der Waals surface area contributed by atoms with E-state index >= 15 is 0 Å². The highest BCUT2D eigenvalue weighted by Crippen LogP contribution is 2.66. The predicted octanol–water partition coefficient (Wildman–Crippen LogP) is 4.56. The summed E-state index contributed by atoms with van der Waals surface area (Å²) in [5.74, 6) is 2.33. The first-order chi connectivity index (χ1) is 9.00. The molecule has 4 heteroatoms. The number of alkyl halides is 3. The van der Waals surface area contributed by atoms with E-state index in [1.165, 1.54) is 44.9 Å². The molecule has 0 N–H and O–H groups in total. The molecule has 0 saturated heterocycles. The molecule has 1 spiro atoms. The van der Waals surface area contributed by atoms with E-state index in [0.717, 1.165) is 18.3 Å². The minimum Gasteiger partial charge on any atom is -0.372 e. The lowest BCUT2D eigenvalue weighted by Crippen LogP contribution is -2.23. The van der Waals surface area contributed by atoms with E-state index in [2.05, 4.69) is 0 Å². The van der Waals surface area contributed by atoms with Gasteiger partial charge in [0.15, 0.2) is 0 Å². The average molecular weight is 276 g/mol. The van der Waals surface area contributed by atoms with Crippen LogP contribution in [0.5, 0.6) is 0 Å². The Bertz CT molecular complexity index is 322. The smallest absolute Gasteiger partial charge is 0.372 e. The zero-order chi connectivity index (χ0) is 13.5. The predicted molar refractivity (Wildman–Crippen MR) is 66.7 cm³/mol. The first-order valence-electron chi connectivity index (χ1n) is 7.65. The van der Waals surface area contributed by atoms with Gasteiger partial charge in [0, 0.05) is 6.61 Å². The lowest BCUT2D eigenvalue weighted by Gasteiger charge is -2.32. The van der Waals surface area contributed by atoms with Crippen LogP contribution in [0, 0.1) is 23.2 Å². The van der Waals surface area contributed by atoms with Gasteiger partial charge in [-0.1, -0.05) is 12.8 Å². The maximum absolute atomic E-state index is 11.9. The molecule has 3 unspecified atom stereocenters. The third kappa shape index (κ3) is 3.26. The second kappa shape index (κ2) is 4.94. The zero-order valence-corrected chi connectivity index (χ0v) is 11.3. The lowest BCUT2D eigenvalue weighted by molar-refractivity contribution is -0.174. The quantitative estimate of drug-likeness (QED) is 0.669. The van der Waals surface area contributed by atoms with Gasteiger partial charge in [0.05, 0.1) is 0 Å². The normalized spacial score (nSPS) is 36.5. The Balaban J connectivity index is 1.37. The summed E-state index contributed by atoms with van der Waals surface area (Å²) in [6.07, 6.45) is 6.23. The van der Waals surface area contributed by atoms with Gasteiger partial charge in [-0.25, -0.2) is 0 Å². The summed E-state index contributed by atoms with van der Waals surface area (Å²) < 4.78 is 40.6. The Labute approximate surface area is 112 Å². The van der Waals surface area contributed by atoms with Crippen molar-refractivity contribution in [1.82, 2.24) is 0 Å². The third-order valence-corrected chi connectivity index (χ3v) is 5.51. The van der Waals surface area contributed by atoms with E-state index in [-0.39, 0.29) is 6.61 Å². The van der Waals surface area contributed by atoms with Gasteiger partial charge in [0.2, 0.25) is 0 Å². The number of rotatable bonds is 5. The van der Waals surface area contributed by atoms with E-state index in [9.17, 15) is 13.2 Å². The Kier molecular flexibility index (Phi) is 3.57. The molecule has 0 amide bonds. The van der Waals surface area contributed by atoms with E-state index < -0.39 is 12.8 Å². The summed E-state index contributed by atoms with van der Waals surface area (Å²) in [5, 5.41) is 0. The SMILES string of the molecule is FC(F)(F)COCCC1CC1C1CCCCC12CC2. The van der Waals surface area contributed by atoms with Crippen molar-refractivity contribution in [2.75, 3.05) is 13.2 Å². The minimum absolute atomic E-state index is 0.278. The van der Waals surface area contributed by atoms with Crippen LogP contribution in [-0.2, 0) is 4.74 Å². The molecule has 1 nitrogen and oxygen atoms in total. The molecular weight excluding hydrogens is 253 g/mol. The lowest BCUT2D eigenvalue weighted by atomic mass is 9.73. The molecule has 0 radical (unpaired) electrons. The van der Waals surface area contributed by atoms with E-state index in [4.69, 9.17) is 4.74 Å². The molecule has 19 heavy (non-hydrogen) atoms. The highest BCUT2D eigenvalue weighted by molar-refractivity contribution is 5.07. The Morgan fingerprint density at radius 3 is 2.58 bits per heavy atom. The van der Waals surface area contributed by atoms with Gasteiger partial charge < -0.3 is 4.74 Å². The minimum atomic E-state index is -4.18. The summed E-state index contributed by atoms with van der Waals surface area (Å²) >= 11 is 0. The monoisotopic (exact) mass is 276 g/mol. The van der Waals surface area contributed by atoms with Gasteiger partial charge >= 0.3 is 6.18 Å². The molecule has 3 aliphatic carbocycles. The van der Waals surface area contributed by atoms with Gasteiger partial charge in [-0.2, -0.15) is 13.2 Å². The second-order valence-corrected chi connectivity index (χ2v) is 6.83. The summed E-state index contributed by atoms with van der Waals surface area (Å²) in [6.45, 7) is -0.807. The molecule has 3 fully saturated rings. The summed E-state index contributed by atoms with van der Waals surface area (Å²) in [5.41, 5.74) is 0.671. The molecule has 0 aliphatic heterocycles. The molecule has 0 aromatic rings. The number of ether oxygens (including phenoxy) is 1. The zero-order valence-electron chi connectivity index (χ0n) is 11.3. The van der Waals surface area contributed by atoms with Crippen LogP contribution in [0.15, 0.2) is 0 Å². The van der Waals surface area contributed by atoms with E-state index in [0.29, 0.717) is 11.3 Å². The van der Waals surface area contributed by atoms with Crippen LogP contribution in [0.3, 0.4) is 0 Å². The molecule has 0 aromatic carbocycles. The highest BCUT2D eigenvalue weighted by atomic mass is 19.4. The Morgan fingerprint density at radius 1 is 1.11 bits per heavy atom. The van der Waals surface area contributed by atoms with Gasteiger partial charge in [-0.05, 0) is 61.7 Å². The third-order valence-electron chi connectivity index (χ3n) is 5.51. The molecule has 110 valence electrons. The van der Waals surface area contributed by atoms with Crippen molar-refractivity contribution in [3.05, 3.63) is 0 Å². The van der Waals surface area contributed by atoms with Crippen molar-refractivity contribution >= 4 is 0 Å². The maximum Gasteiger partial charge on any atom is 0.411 e. The van der Waals surface area contributed by atoms with Crippen molar-refractivity contribution in [3.63, 3.8) is 0 Å². The Morgan fingerprint density at radius 2 is 1.89 bits per heavy atom. The van der Waals surface area contributed by atoms with Crippen LogP contribution in [0.2, 0.25) is 0 Å². The molecule has 3 saturated carbocycles. The fraction of sp³-hybridized carbons (Fsp3) is 1.00. The van der Waals surface area contributed by atoms with Crippen molar-refractivity contribution in [1.29, 1.82) is 0 Å². The van der Waals surface area contributed by atoms with Crippen molar-refractivity contribution in [3.8, 4) is 0 Å². The summed E-state index contributed by atoms with van der Waals surface area (Å²) in [7, 11) is 0. The van der Waals surface area contributed by atoms with E-state index in [1.54, 1.807) is 0 Å². The van der Waals surface area contributed by atoms with Gasteiger partial charge in [-0.15, -0.1) is 0 Å². The maximum atomic E-state index is 11.9. The molecular formula is C15H23F3O. The number of halogens is 3. The van der Waals surface area contributed by atoms with Gasteiger partial charge in [0.1, 0.15) is 6.61 Å². The van der Waals surface area contributed by atoms with Crippen molar-refractivity contribution < 1.29 is 17.9 Å². The Hall–Kier alpha value is -0.250. The van der Waals surface area contributed by atoms with Crippen molar-refractivity contribution in [2.45, 2.75) is 57.5 Å². The molecule has 0 heterocycles. The van der Waals surface area contributed by atoms with Crippen molar-refractivity contribution in [2.24, 2.45) is 23.2 Å². The fourth-order valence-corrected chi connectivity index (χ4v) is 4.30. The van der Waals surface area contributed by atoms with Crippen LogP contribution in [0.4, 0.5) is 13.2 Å². The molecule has 0 aromatic heterocycles. The van der Waals surface area contributed by atoms with Crippen LogP contribution in [-0.4, -0.2) is 19.4 Å². The van der Waals surface area contributed by atoms with Crippen LogP contribution < -0.4 is 0 Å². The van der Waals surface area contributed by atoms with Gasteiger partial charge in [0.25, 0.3) is 0 Å². The first-order valence-corrected chi connectivity index (χ1v) is 7.65. The molecule has 0 bridgehead atoms. The molecule has 3 atom stereocenters. The highest BCUT2D eigenvalue weighted by Gasteiger charge is 2.57. The topological polar surface area (TPSA) is 9.23 Å². The second-order valence-electron chi connectivity index (χ2n) is 6.83. The largest absolute Gasteiger partial charge is 0.411 e. The van der Waals surface area contributed by atoms with Crippen LogP contribution >= 0.6 is 0 Å². The fourth-order valence-electron chi connectivity index (χ4n) is 4.30. The number of hydrogen-bond donors (Lipinski definition) is 0. The van der Waals surface area contributed by atoms with E-state index in [1.807, 2.05) is 0 Å². The first kappa shape index (κ1) is 13.7. The summed E-state index contributed by atoms with van der Waals surface area (Å²) in [6, 6.07) is 0. The van der Waals surface area contributed by atoms with Crippen LogP contribution in [0.1, 0.15) is 51.4 Å². The standard InChI is InChI=1S/C15H23F3O/c16-15(17,18)10-19-8-4-11-9-12(11)13-3-1-2-5-14(13)6-7-14/h11-13H,1-10H2. The molecule has 3 rings (SSSR count). The summed E-state index contributed by atoms with van der Waals surface area (Å²) in [4.78, 5) is 0. The molecule has 3 aliphatic rings.